The van der Waals surface area contributed by atoms with Crippen LogP contribution < -0.4 is 5.32 Å². The number of hydrogen-bond acceptors (Lipinski definition) is 2. The Balaban J connectivity index is 2.80. The Labute approximate surface area is 110 Å². The van der Waals surface area contributed by atoms with E-state index in [0.717, 1.165) is 31.4 Å². The van der Waals surface area contributed by atoms with Crippen LogP contribution in [0.15, 0.2) is 12.1 Å². The predicted octanol–water partition coefficient (Wildman–Crippen LogP) is 4.74. The first-order chi connectivity index (χ1) is 8.32. The average Bonchev–Trinajstić information content (AvgIpc) is 2.24. The molecule has 1 N–H and O–H groups in total. The molecule has 0 aliphatic heterocycles. The molecule has 0 spiro atoms. The van der Waals surface area contributed by atoms with Gasteiger partial charge in [-0.05, 0) is 25.5 Å². The molecule has 0 aromatic carbocycles. The van der Waals surface area contributed by atoms with Crippen molar-refractivity contribution in [3.63, 3.8) is 0 Å². The van der Waals surface area contributed by atoms with Crippen LogP contribution in [-0.4, -0.2) is 11.0 Å². The van der Waals surface area contributed by atoms with E-state index in [9.17, 15) is 13.2 Å². The minimum atomic E-state index is -4.41. The second kappa shape index (κ2) is 6.27. The maximum absolute atomic E-state index is 12.6. The summed E-state index contributed by atoms with van der Waals surface area (Å²) in [5.74, 6) is 0.165. The molecule has 0 aliphatic carbocycles. The third-order valence-corrected chi connectivity index (χ3v) is 2.70. The zero-order chi connectivity index (χ0) is 13.8. The molecule has 1 unspecified atom stereocenters. The molecule has 0 saturated heterocycles. The minimum Gasteiger partial charge on any atom is -0.368 e. The molecule has 1 rings (SSSR count). The summed E-state index contributed by atoms with van der Waals surface area (Å²) in [6.07, 6.45) is -1.47. The van der Waals surface area contributed by atoms with Crippen molar-refractivity contribution in [3.8, 4) is 0 Å². The first-order valence-electron chi connectivity index (χ1n) is 5.84. The number of rotatable bonds is 5. The van der Waals surface area contributed by atoms with E-state index >= 15 is 0 Å². The molecule has 102 valence electrons. The van der Waals surface area contributed by atoms with Crippen molar-refractivity contribution in [2.45, 2.75) is 45.3 Å². The van der Waals surface area contributed by atoms with Crippen molar-refractivity contribution in [1.82, 2.24) is 4.98 Å². The van der Waals surface area contributed by atoms with E-state index < -0.39 is 11.7 Å². The normalized spacial score (nSPS) is 13.4. The van der Waals surface area contributed by atoms with E-state index in [0.29, 0.717) is 0 Å². The van der Waals surface area contributed by atoms with Crippen molar-refractivity contribution in [3.05, 3.63) is 22.8 Å². The molecule has 0 radical (unpaired) electrons. The lowest BCUT2D eigenvalue weighted by molar-refractivity contribution is -0.137. The van der Waals surface area contributed by atoms with Crippen LogP contribution in [0.25, 0.3) is 0 Å². The van der Waals surface area contributed by atoms with Gasteiger partial charge in [-0.1, -0.05) is 31.4 Å². The lowest BCUT2D eigenvalue weighted by atomic mass is 10.1. The van der Waals surface area contributed by atoms with Gasteiger partial charge in [0.15, 0.2) is 0 Å². The van der Waals surface area contributed by atoms with Gasteiger partial charge >= 0.3 is 6.18 Å². The summed E-state index contributed by atoms with van der Waals surface area (Å²) < 4.78 is 37.7. The molecule has 1 aromatic rings. The summed E-state index contributed by atoms with van der Waals surface area (Å²) in [6.45, 7) is 3.97. The monoisotopic (exact) mass is 280 g/mol. The standard InChI is InChI=1S/C12H16ClF3N2/c1-3-4-5-8(2)17-11-7-9(12(14,15)16)6-10(13)18-11/h6-8H,3-5H2,1-2H3,(H,17,18). The first-order valence-corrected chi connectivity index (χ1v) is 6.22. The molecule has 0 bridgehead atoms. The maximum Gasteiger partial charge on any atom is 0.416 e. The van der Waals surface area contributed by atoms with Crippen molar-refractivity contribution in [2.75, 3.05) is 5.32 Å². The molecular formula is C12H16ClF3N2. The van der Waals surface area contributed by atoms with Gasteiger partial charge in [-0.15, -0.1) is 0 Å². The van der Waals surface area contributed by atoms with E-state index in [1.54, 1.807) is 0 Å². The second-order valence-electron chi connectivity index (χ2n) is 4.25. The van der Waals surface area contributed by atoms with Crippen LogP contribution in [-0.2, 0) is 6.18 Å². The van der Waals surface area contributed by atoms with Gasteiger partial charge in [-0.3, -0.25) is 0 Å². The van der Waals surface area contributed by atoms with E-state index in [-0.39, 0.29) is 17.0 Å². The van der Waals surface area contributed by atoms with Crippen molar-refractivity contribution in [1.29, 1.82) is 0 Å². The minimum absolute atomic E-state index is 0.0667. The molecule has 6 heteroatoms. The number of aromatic nitrogens is 1. The fourth-order valence-electron chi connectivity index (χ4n) is 1.57. The maximum atomic E-state index is 12.6. The number of anilines is 1. The molecular weight excluding hydrogens is 265 g/mol. The molecule has 1 aromatic heterocycles. The van der Waals surface area contributed by atoms with Gasteiger partial charge < -0.3 is 5.32 Å². The molecule has 1 atom stereocenters. The Bertz CT molecular complexity index is 393. The Kier molecular flexibility index (Phi) is 5.26. The van der Waals surface area contributed by atoms with Crippen LogP contribution in [0.4, 0.5) is 19.0 Å². The Morgan fingerprint density at radius 3 is 2.61 bits per heavy atom. The Morgan fingerprint density at radius 1 is 1.39 bits per heavy atom. The molecule has 0 aliphatic rings. The summed E-state index contributed by atoms with van der Waals surface area (Å²) in [7, 11) is 0. The average molecular weight is 281 g/mol. The zero-order valence-corrected chi connectivity index (χ0v) is 11.1. The van der Waals surface area contributed by atoms with Gasteiger partial charge in [0.25, 0.3) is 0 Å². The molecule has 0 saturated carbocycles. The van der Waals surface area contributed by atoms with Gasteiger partial charge in [0.2, 0.25) is 0 Å². The van der Waals surface area contributed by atoms with Crippen LogP contribution >= 0.6 is 11.6 Å². The number of hydrogen-bond donors (Lipinski definition) is 1. The van der Waals surface area contributed by atoms with Crippen LogP contribution in [0.1, 0.15) is 38.7 Å². The highest BCUT2D eigenvalue weighted by Crippen LogP contribution is 2.32. The third kappa shape index (κ3) is 4.72. The van der Waals surface area contributed by atoms with Crippen LogP contribution in [0.3, 0.4) is 0 Å². The third-order valence-electron chi connectivity index (χ3n) is 2.51. The zero-order valence-electron chi connectivity index (χ0n) is 10.3. The number of alkyl halides is 3. The van der Waals surface area contributed by atoms with Crippen LogP contribution in [0.2, 0.25) is 5.15 Å². The topological polar surface area (TPSA) is 24.9 Å². The van der Waals surface area contributed by atoms with Gasteiger partial charge in [0.1, 0.15) is 11.0 Å². The van der Waals surface area contributed by atoms with Crippen molar-refractivity contribution >= 4 is 17.4 Å². The first kappa shape index (κ1) is 15.1. The Morgan fingerprint density at radius 2 is 2.06 bits per heavy atom. The lowest BCUT2D eigenvalue weighted by Gasteiger charge is -2.15. The van der Waals surface area contributed by atoms with Gasteiger partial charge in [0.05, 0.1) is 5.56 Å². The predicted molar refractivity (Wildman–Crippen MR) is 66.9 cm³/mol. The second-order valence-corrected chi connectivity index (χ2v) is 4.64. The lowest BCUT2D eigenvalue weighted by Crippen LogP contribution is -2.17. The Hall–Kier alpha value is -0.970. The largest absolute Gasteiger partial charge is 0.416 e. The number of halogens is 4. The highest BCUT2D eigenvalue weighted by molar-refractivity contribution is 6.29. The fourth-order valence-corrected chi connectivity index (χ4v) is 1.78. The van der Waals surface area contributed by atoms with Crippen molar-refractivity contribution in [2.24, 2.45) is 0 Å². The fraction of sp³-hybridized carbons (Fsp3) is 0.583. The summed E-state index contributed by atoms with van der Waals surface area (Å²) in [4.78, 5) is 3.85. The quantitative estimate of drug-likeness (QED) is 0.788. The van der Waals surface area contributed by atoms with E-state index in [2.05, 4.69) is 17.2 Å². The van der Waals surface area contributed by atoms with Gasteiger partial charge in [0, 0.05) is 6.04 Å². The number of nitrogens with zero attached hydrogens (tertiary/aromatic N) is 1. The number of unbranched alkanes of at least 4 members (excludes halogenated alkanes) is 1. The van der Waals surface area contributed by atoms with E-state index in [1.807, 2.05) is 6.92 Å². The smallest absolute Gasteiger partial charge is 0.368 e. The highest BCUT2D eigenvalue weighted by Gasteiger charge is 2.31. The van der Waals surface area contributed by atoms with Crippen LogP contribution in [0.5, 0.6) is 0 Å². The van der Waals surface area contributed by atoms with E-state index in [1.165, 1.54) is 0 Å². The summed E-state index contributed by atoms with van der Waals surface area (Å²) in [5.41, 5.74) is -0.785. The molecule has 2 nitrogen and oxygen atoms in total. The summed E-state index contributed by atoms with van der Waals surface area (Å²) in [6, 6.07) is 1.87. The molecule has 0 fully saturated rings. The SMILES string of the molecule is CCCCC(C)Nc1cc(C(F)(F)F)cc(Cl)n1. The van der Waals surface area contributed by atoms with Crippen LogP contribution in [0, 0.1) is 0 Å². The number of pyridine rings is 1. The number of nitrogens with one attached hydrogen (secondary N) is 1. The molecule has 18 heavy (non-hydrogen) atoms. The summed E-state index contributed by atoms with van der Waals surface area (Å²) >= 11 is 5.59. The van der Waals surface area contributed by atoms with Crippen molar-refractivity contribution < 1.29 is 13.2 Å². The van der Waals surface area contributed by atoms with Gasteiger partial charge in [-0.2, -0.15) is 13.2 Å². The molecule has 0 amide bonds. The molecule has 1 heterocycles. The van der Waals surface area contributed by atoms with Gasteiger partial charge in [-0.25, -0.2) is 4.98 Å². The highest BCUT2D eigenvalue weighted by atomic mass is 35.5. The summed E-state index contributed by atoms with van der Waals surface area (Å²) in [5, 5.41) is 2.78. The van der Waals surface area contributed by atoms with E-state index in [4.69, 9.17) is 11.6 Å².